The number of esters is 1. The monoisotopic (exact) mass is 351 g/mol. The second kappa shape index (κ2) is 7.50. The number of hydrogen-bond donors (Lipinski definition) is 1. The molecule has 0 amide bonds. The molecule has 0 saturated carbocycles. The number of carbonyl (C=O) groups excluding carboxylic acids is 1. The van der Waals surface area contributed by atoms with E-state index in [2.05, 4.69) is 47.4 Å². The van der Waals surface area contributed by atoms with E-state index in [0.717, 1.165) is 6.54 Å². The highest BCUT2D eigenvalue weighted by Crippen LogP contribution is 2.29. The fourth-order valence-corrected chi connectivity index (χ4v) is 4.51. The fraction of sp³-hybridized carbons (Fsp3) is 0.409. The Balaban J connectivity index is 1.64. The minimum absolute atomic E-state index is 0.247. The number of ether oxygens (including phenoxy) is 1. The quantitative estimate of drug-likeness (QED) is 0.860. The number of rotatable bonds is 4. The van der Waals surface area contributed by atoms with Crippen LogP contribution >= 0.6 is 0 Å². The first-order chi connectivity index (χ1) is 12.8. The Hall–Kier alpha value is -2.33. The summed E-state index contributed by atoms with van der Waals surface area (Å²) >= 11 is 0. The molecule has 0 bridgehead atoms. The summed E-state index contributed by atoms with van der Waals surface area (Å²) < 4.78 is 5.10. The predicted molar refractivity (Wildman–Crippen MR) is 102 cm³/mol. The Labute approximate surface area is 155 Å². The lowest BCUT2D eigenvalue weighted by molar-refractivity contribution is -0.945. The third-order valence-electron chi connectivity index (χ3n) is 5.70. The SMILES string of the molecule is CCOC(=O)c1ccc(N2C[C@H]3CCCC[NH+]3[C@@H]2c2ccccc2)cc1. The van der Waals surface area contributed by atoms with Crippen LogP contribution in [-0.2, 0) is 4.74 Å². The average molecular weight is 351 g/mol. The molecule has 0 aromatic heterocycles. The molecule has 0 spiro atoms. The highest BCUT2D eigenvalue weighted by atomic mass is 16.5. The van der Waals surface area contributed by atoms with E-state index in [9.17, 15) is 4.79 Å². The lowest BCUT2D eigenvalue weighted by Crippen LogP contribution is -3.15. The van der Waals surface area contributed by atoms with Crippen LogP contribution in [0.25, 0.3) is 0 Å². The van der Waals surface area contributed by atoms with Gasteiger partial charge in [0.15, 0.2) is 6.17 Å². The number of carbonyl (C=O) groups is 1. The number of quaternary nitrogens is 1. The van der Waals surface area contributed by atoms with Crippen LogP contribution in [0.15, 0.2) is 54.6 Å². The van der Waals surface area contributed by atoms with Crippen molar-refractivity contribution in [2.75, 3.05) is 24.6 Å². The molecule has 4 rings (SSSR count). The van der Waals surface area contributed by atoms with Gasteiger partial charge in [0.05, 0.1) is 25.3 Å². The van der Waals surface area contributed by atoms with Crippen LogP contribution in [0.5, 0.6) is 0 Å². The van der Waals surface area contributed by atoms with Crippen molar-refractivity contribution in [2.45, 2.75) is 38.4 Å². The van der Waals surface area contributed by atoms with E-state index in [-0.39, 0.29) is 5.97 Å². The fourth-order valence-electron chi connectivity index (χ4n) is 4.51. The van der Waals surface area contributed by atoms with Crippen molar-refractivity contribution in [3.8, 4) is 0 Å². The number of piperidine rings is 1. The molecule has 2 aliphatic heterocycles. The van der Waals surface area contributed by atoms with Crippen LogP contribution in [-0.4, -0.2) is 31.7 Å². The van der Waals surface area contributed by atoms with Gasteiger partial charge in [-0.1, -0.05) is 30.3 Å². The van der Waals surface area contributed by atoms with Gasteiger partial charge < -0.3 is 14.5 Å². The van der Waals surface area contributed by atoms with Crippen LogP contribution in [0.1, 0.15) is 48.3 Å². The summed E-state index contributed by atoms with van der Waals surface area (Å²) in [6.45, 7) is 4.55. The van der Waals surface area contributed by atoms with Crippen LogP contribution in [0.2, 0.25) is 0 Å². The number of hydrogen-bond acceptors (Lipinski definition) is 3. The Kier molecular flexibility index (Phi) is 4.93. The van der Waals surface area contributed by atoms with Crippen molar-refractivity contribution in [3.63, 3.8) is 0 Å². The van der Waals surface area contributed by atoms with Crippen molar-refractivity contribution in [1.29, 1.82) is 0 Å². The van der Waals surface area contributed by atoms with E-state index < -0.39 is 0 Å². The zero-order chi connectivity index (χ0) is 17.9. The molecule has 2 fully saturated rings. The summed E-state index contributed by atoms with van der Waals surface area (Å²) in [6.07, 6.45) is 4.31. The molecule has 136 valence electrons. The summed E-state index contributed by atoms with van der Waals surface area (Å²) in [6, 6.07) is 19.5. The lowest BCUT2D eigenvalue weighted by Gasteiger charge is -2.32. The second-order valence-electron chi connectivity index (χ2n) is 7.25. The highest BCUT2D eigenvalue weighted by molar-refractivity contribution is 5.89. The van der Waals surface area contributed by atoms with Gasteiger partial charge in [0.2, 0.25) is 0 Å². The molecule has 4 heteroatoms. The van der Waals surface area contributed by atoms with Crippen LogP contribution in [0.3, 0.4) is 0 Å². The molecular weight excluding hydrogens is 324 g/mol. The molecule has 1 unspecified atom stereocenters. The van der Waals surface area contributed by atoms with Crippen LogP contribution < -0.4 is 9.80 Å². The Morgan fingerprint density at radius 3 is 2.62 bits per heavy atom. The molecule has 0 radical (unpaired) electrons. The number of benzene rings is 2. The van der Waals surface area contributed by atoms with E-state index in [1.165, 1.54) is 37.1 Å². The van der Waals surface area contributed by atoms with Gasteiger partial charge in [-0.25, -0.2) is 4.79 Å². The Bertz CT molecular complexity index is 744. The maximum absolute atomic E-state index is 11.9. The van der Waals surface area contributed by atoms with E-state index in [1.807, 2.05) is 19.1 Å². The first-order valence-corrected chi connectivity index (χ1v) is 9.72. The molecule has 1 N–H and O–H groups in total. The minimum Gasteiger partial charge on any atom is -0.462 e. The largest absolute Gasteiger partial charge is 0.462 e. The summed E-state index contributed by atoms with van der Waals surface area (Å²) in [7, 11) is 0. The standard InChI is InChI=1S/C22H26N2O2/c1-2-26-22(25)18-11-13-19(14-12-18)24-16-20-10-6-7-15-23(20)21(24)17-8-4-3-5-9-17/h3-5,8-9,11-14,20-21H,2,6-7,10,15-16H2,1H3/p+1/t20-,21+/m1/s1. The first-order valence-electron chi connectivity index (χ1n) is 9.72. The van der Waals surface area contributed by atoms with Gasteiger partial charge in [-0.05, 0) is 44.0 Å². The molecule has 2 heterocycles. The molecule has 2 aromatic rings. The molecule has 2 aromatic carbocycles. The smallest absolute Gasteiger partial charge is 0.338 e. The van der Waals surface area contributed by atoms with Crippen molar-refractivity contribution < 1.29 is 14.4 Å². The topological polar surface area (TPSA) is 34.0 Å². The molecule has 4 nitrogen and oxygen atoms in total. The van der Waals surface area contributed by atoms with Crippen molar-refractivity contribution in [1.82, 2.24) is 0 Å². The molecule has 3 atom stereocenters. The Morgan fingerprint density at radius 2 is 1.88 bits per heavy atom. The third-order valence-corrected chi connectivity index (χ3v) is 5.70. The van der Waals surface area contributed by atoms with Crippen molar-refractivity contribution in [3.05, 3.63) is 65.7 Å². The van der Waals surface area contributed by atoms with E-state index in [0.29, 0.717) is 24.4 Å². The predicted octanol–water partition coefficient (Wildman–Crippen LogP) is 2.82. The first kappa shape index (κ1) is 17.1. The number of nitrogens with one attached hydrogen (secondary N) is 1. The van der Waals surface area contributed by atoms with Gasteiger partial charge in [-0.3, -0.25) is 0 Å². The number of fused-ring (bicyclic) bond motifs is 1. The second-order valence-corrected chi connectivity index (χ2v) is 7.25. The molecule has 2 aliphatic rings. The number of anilines is 1. The average Bonchev–Trinajstić information content (AvgIpc) is 3.08. The molecule has 26 heavy (non-hydrogen) atoms. The summed E-state index contributed by atoms with van der Waals surface area (Å²) in [5, 5.41) is 0. The Morgan fingerprint density at radius 1 is 1.12 bits per heavy atom. The summed E-state index contributed by atoms with van der Waals surface area (Å²) in [4.78, 5) is 16.1. The van der Waals surface area contributed by atoms with Gasteiger partial charge in [0.1, 0.15) is 6.04 Å². The van der Waals surface area contributed by atoms with Crippen molar-refractivity contribution in [2.24, 2.45) is 0 Å². The van der Waals surface area contributed by atoms with Gasteiger partial charge in [-0.15, -0.1) is 0 Å². The number of nitrogens with zero attached hydrogens (tertiary/aromatic N) is 1. The molecular formula is C22H27N2O2+. The lowest BCUT2D eigenvalue weighted by atomic mass is 10.0. The minimum atomic E-state index is -0.247. The van der Waals surface area contributed by atoms with Gasteiger partial charge >= 0.3 is 5.97 Å². The van der Waals surface area contributed by atoms with E-state index in [1.54, 1.807) is 4.90 Å². The molecule has 2 saturated heterocycles. The van der Waals surface area contributed by atoms with Crippen LogP contribution in [0.4, 0.5) is 5.69 Å². The maximum atomic E-state index is 11.9. The van der Waals surface area contributed by atoms with Gasteiger partial charge in [-0.2, -0.15) is 0 Å². The van der Waals surface area contributed by atoms with Crippen molar-refractivity contribution >= 4 is 11.7 Å². The van der Waals surface area contributed by atoms with E-state index >= 15 is 0 Å². The highest BCUT2D eigenvalue weighted by Gasteiger charge is 2.45. The van der Waals surface area contributed by atoms with Crippen LogP contribution in [0, 0.1) is 0 Å². The summed E-state index contributed by atoms with van der Waals surface area (Å²) in [5.74, 6) is -0.247. The zero-order valence-corrected chi connectivity index (χ0v) is 15.4. The molecule has 0 aliphatic carbocycles. The van der Waals surface area contributed by atoms with Gasteiger partial charge in [0, 0.05) is 17.7 Å². The zero-order valence-electron chi connectivity index (χ0n) is 15.4. The third kappa shape index (κ3) is 3.21. The van der Waals surface area contributed by atoms with E-state index in [4.69, 9.17) is 4.74 Å². The summed E-state index contributed by atoms with van der Waals surface area (Å²) in [5.41, 5.74) is 3.19. The van der Waals surface area contributed by atoms with Gasteiger partial charge in [0.25, 0.3) is 0 Å². The maximum Gasteiger partial charge on any atom is 0.338 e. The normalized spacial score (nSPS) is 25.0.